The van der Waals surface area contributed by atoms with Gasteiger partial charge < -0.3 is 4.42 Å². The van der Waals surface area contributed by atoms with Gasteiger partial charge in [0.2, 0.25) is 0 Å². The maximum absolute atomic E-state index is 5.89. The summed E-state index contributed by atoms with van der Waals surface area (Å²) in [5.41, 5.74) is 1.58. The summed E-state index contributed by atoms with van der Waals surface area (Å²) in [5, 5.41) is 3.47. The van der Waals surface area contributed by atoms with Crippen molar-refractivity contribution in [3.05, 3.63) is 46.4 Å². The van der Waals surface area contributed by atoms with E-state index >= 15 is 0 Å². The summed E-state index contributed by atoms with van der Waals surface area (Å²) in [7, 11) is 0. The Kier molecular flexibility index (Phi) is 1.91. The van der Waals surface area contributed by atoms with Crippen LogP contribution in [0.5, 0.6) is 0 Å². The van der Waals surface area contributed by atoms with Gasteiger partial charge in [-0.15, -0.1) is 0 Å². The van der Waals surface area contributed by atoms with Crippen LogP contribution in [0.25, 0.3) is 21.9 Å². The molecule has 2 aromatic carbocycles. The SMILES string of the molecule is Clc1ccc2c(c1)oc1cc(Cl)ccc12. The number of hydrogen-bond donors (Lipinski definition) is 0. The van der Waals surface area contributed by atoms with Gasteiger partial charge in [0.1, 0.15) is 11.2 Å². The molecular weight excluding hydrogens is 231 g/mol. The lowest BCUT2D eigenvalue weighted by molar-refractivity contribution is 0.669. The molecule has 0 aliphatic heterocycles. The smallest absolute Gasteiger partial charge is 0.136 e. The van der Waals surface area contributed by atoms with E-state index in [-0.39, 0.29) is 0 Å². The molecule has 1 nitrogen and oxygen atoms in total. The third-order valence-electron chi connectivity index (χ3n) is 2.40. The number of halogens is 2. The topological polar surface area (TPSA) is 13.1 Å². The molecule has 0 spiro atoms. The third-order valence-corrected chi connectivity index (χ3v) is 2.87. The van der Waals surface area contributed by atoms with Gasteiger partial charge in [-0.1, -0.05) is 23.2 Å². The summed E-state index contributed by atoms with van der Waals surface area (Å²) in [4.78, 5) is 0. The lowest BCUT2D eigenvalue weighted by atomic mass is 10.1. The molecule has 3 rings (SSSR count). The summed E-state index contributed by atoms with van der Waals surface area (Å²) in [6.45, 7) is 0. The number of benzene rings is 2. The van der Waals surface area contributed by atoms with Crippen LogP contribution in [-0.4, -0.2) is 0 Å². The molecular formula is C12H6Cl2O. The van der Waals surface area contributed by atoms with Crippen LogP contribution in [-0.2, 0) is 0 Å². The molecule has 74 valence electrons. The van der Waals surface area contributed by atoms with E-state index in [9.17, 15) is 0 Å². The first kappa shape index (κ1) is 9.08. The summed E-state index contributed by atoms with van der Waals surface area (Å²) >= 11 is 11.8. The van der Waals surface area contributed by atoms with Gasteiger partial charge >= 0.3 is 0 Å². The lowest BCUT2D eigenvalue weighted by Gasteiger charge is -1.89. The number of fused-ring (bicyclic) bond motifs is 3. The first-order chi connectivity index (χ1) is 7.24. The fourth-order valence-electron chi connectivity index (χ4n) is 1.72. The number of hydrogen-bond acceptors (Lipinski definition) is 1. The molecule has 3 aromatic rings. The Morgan fingerprint density at radius 3 is 1.67 bits per heavy atom. The molecule has 3 heteroatoms. The summed E-state index contributed by atoms with van der Waals surface area (Å²) in [6.07, 6.45) is 0. The van der Waals surface area contributed by atoms with Crippen molar-refractivity contribution in [2.24, 2.45) is 0 Å². The van der Waals surface area contributed by atoms with Crippen LogP contribution in [0.3, 0.4) is 0 Å². The van der Waals surface area contributed by atoms with Crippen LogP contribution in [0.1, 0.15) is 0 Å². The Hall–Kier alpha value is -1.18. The van der Waals surface area contributed by atoms with Crippen LogP contribution >= 0.6 is 23.2 Å². The quantitative estimate of drug-likeness (QED) is 0.542. The Balaban J connectivity index is 2.51. The molecule has 0 fully saturated rings. The maximum atomic E-state index is 5.89. The predicted octanol–water partition coefficient (Wildman–Crippen LogP) is 4.89. The van der Waals surface area contributed by atoms with Crippen molar-refractivity contribution in [2.75, 3.05) is 0 Å². The molecule has 0 aliphatic carbocycles. The Morgan fingerprint density at radius 2 is 1.20 bits per heavy atom. The van der Waals surface area contributed by atoms with Gasteiger partial charge in [-0.2, -0.15) is 0 Å². The highest BCUT2D eigenvalue weighted by Gasteiger charge is 2.06. The van der Waals surface area contributed by atoms with E-state index in [1.165, 1.54) is 0 Å². The van der Waals surface area contributed by atoms with E-state index in [1.54, 1.807) is 0 Å². The standard InChI is InChI=1S/C12H6Cl2O/c13-7-1-3-9-10-4-2-8(14)6-12(10)15-11(9)5-7/h1-6H. The van der Waals surface area contributed by atoms with Crippen molar-refractivity contribution < 1.29 is 4.42 Å². The fourth-order valence-corrected chi connectivity index (χ4v) is 2.05. The lowest BCUT2D eigenvalue weighted by Crippen LogP contribution is -1.66. The first-order valence-corrected chi connectivity index (χ1v) is 5.27. The fraction of sp³-hybridized carbons (Fsp3) is 0. The molecule has 0 radical (unpaired) electrons. The first-order valence-electron chi connectivity index (χ1n) is 4.51. The molecule has 0 bridgehead atoms. The highest BCUT2D eigenvalue weighted by Crippen LogP contribution is 2.31. The highest BCUT2D eigenvalue weighted by atomic mass is 35.5. The molecule has 1 aromatic heterocycles. The Morgan fingerprint density at radius 1 is 0.733 bits per heavy atom. The van der Waals surface area contributed by atoms with Crippen molar-refractivity contribution in [2.45, 2.75) is 0 Å². The summed E-state index contributed by atoms with van der Waals surface area (Å²) < 4.78 is 5.65. The number of furan rings is 1. The number of rotatable bonds is 0. The van der Waals surface area contributed by atoms with Crippen molar-refractivity contribution in [3.63, 3.8) is 0 Å². The van der Waals surface area contributed by atoms with Crippen molar-refractivity contribution in [1.82, 2.24) is 0 Å². The van der Waals surface area contributed by atoms with Crippen molar-refractivity contribution >= 4 is 45.1 Å². The maximum Gasteiger partial charge on any atom is 0.136 e. The Bertz CT molecular complexity index is 599. The van der Waals surface area contributed by atoms with Crippen molar-refractivity contribution in [3.8, 4) is 0 Å². The van der Waals surface area contributed by atoms with Gasteiger partial charge in [-0.3, -0.25) is 0 Å². The van der Waals surface area contributed by atoms with Crippen molar-refractivity contribution in [1.29, 1.82) is 0 Å². The van der Waals surface area contributed by atoms with Crippen LogP contribution in [0.4, 0.5) is 0 Å². The predicted molar refractivity (Wildman–Crippen MR) is 63.7 cm³/mol. The summed E-state index contributed by atoms with van der Waals surface area (Å²) in [5.74, 6) is 0. The largest absolute Gasteiger partial charge is 0.456 e. The van der Waals surface area contributed by atoms with E-state index in [1.807, 2.05) is 36.4 Å². The van der Waals surface area contributed by atoms with Gasteiger partial charge in [0, 0.05) is 33.0 Å². The molecule has 0 unspecified atom stereocenters. The van der Waals surface area contributed by atoms with Gasteiger partial charge in [-0.25, -0.2) is 0 Å². The average molecular weight is 237 g/mol. The second kappa shape index (κ2) is 3.16. The summed E-state index contributed by atoms with van der Waals surface area (Å²) in [6, 6.07) is 11.2. The third kappa shape index (κ3) is 1.39. The van der Waals surface area contributed by atoms with Crippen LogP contribution in [0.15, 0.2) is 40.8 Å². The molecule has 1 heterocycles. The molecule has 0 amide bonds. The Labute approximate surface area is 96.2 Å². The zero-order valence-electron chi connectivity index (χ0n) is 7.63. The zero-order valence-corrected chi connectivity index (χ0v) is 9.14. The van der Waals surface area contributed by atoms with E-state index in [0.717, 1.165) is 21.9 Å². The van der Waals surface area contributed by atoms with E-state index < -0.39 is 0 Å². The minimum absolute atomic E-state index is 0.674. The molecule has 0 atom stereocenters. The van der Waals surface area contributed by atoms with E-state index in [0.29, 0.717) is 10.0 Å². The molecule has 0 saturated carbocycles. The average Bonchev–Trinajstić information content (AvgIpc) is 2.53. The second-order valence-corrected chi connectivity index (χ2v) is 4.26. The van der Waals surface area contributed by atoms with Crippen LogP contribution in [0.2, 0.25) is 10.0 Å². The van der Waals surface area contributed by atoms with E-state index in [2.05, 4.69) is 0 Å². The minimum Gasteiger partial charge on any atom is -0.456 e. The van der Waals surface area contributed by atoms with Crippen LogP contribution < -0.4 is 0 Å². The molecule has 0 aliphatic rings. The van der Waals surface area contributed by atoms with Gasteiger partial charge in [0.15, 0.2) is 0 Å². The molecule has 0 N–H and O–H groups in total. The molecule has 0 saturated heterocycles. The monoisotopic (exact) mass is 236 g/mol. The second-order valence-electron chi connectivity index (χ2n) is 3.38. The molecule has 15 heavy (non-hydrogen) atoms. The van der Waals surface area contributed by atoms with Gasteiger partial charge in [0.25, 0.3) is 0 Å². The normalized spacial score (nSPS) is 11.3. The van der Waals surface area contributed by atoms with Gasteiger partial charge in [-0.05, 0) is 24.3 Å². The zero-order chi connectivity index (χ0) is 10.4. The van der Waals surface area contributed by atoms with E-state index in [4.69, 9.17) is 27.6 Å². The van der Waals surface area contributed by atoms with Gasteiger partial charge in [0.05, 0.1) is 0 Å². The minimum atomic E-state index is 0.674. The van der Waals surface area contributed by atoms with Crippen LogP contribution in [0, 0.1) is 0 Å². The highest BCUT2D eigenvalue weighted by molar-refractivity contribution is 6.32.